The molecule has 0 N–H and O–H groups in total. The molecular formula is C12H16N2O2S. The minimum Gasteiger partial charge on any atom is -0.462 e. The Morgan fingerprint density at radius 3 is 2.88 bits per heavy atom. The summed E-state index contributed by atoms with van der Waals surface area (Å²) in [5, 5.41) is 4.42. The summed E-state index contributed by atoms with van der Waals surface area (Å²) >= 11 is 1.45. The average molecular weight is 252 g/mol. The molecular weight excluding hydrogens is 236 g/mol. The predicted molar refractivity (Wildman–Crippen MR) is 67.9 cm³/mol. The molecule has 4 nitrogen and oxygen atoms in total. The summed E-state index contributed by atoms with van der Waals surface area (Å²) in [6.45, 7) is 8.28. The molecule has 17 heavy (non-hydrogen) atoms. The molecule has 0 aromatic carbocycles. The smallest absolute Gasteiger partial charge is 0.350 e. The highest BCUT2D eigenvalue weighted by atomic mass is 32.1. The molecule has 0 amide bonds. The monoisotopic (exact) mass is 252 g/mol. The van der Waals surface area contributed by atoms with Crippen LogP contribution in [0.2, 0.25) is 0 Å². The Balaban J connectivity index is 2.58. The summed E-state index contributed by atoms with van der Waals surface area (Å²) in [5.41, 5.74) is 1.91. The van der Waals surface area contributed by atoms with E-state index >= 15 is 0 Å². The molecule has 0 aliphatic heterocycles. The van der Waals surface area contributed by atoms with Crippen molar-refractivity contribution < 1.29 is 9.53 Å². The molecule has 0 spiro atoms. The van der Waals surface area contributed by atoms with Crippen LogP contribution in [0.4, 0.5) is 0 Å². The van der Waals surface area contributed by atoms with Gasteiger partial charge in [0, 0.05) is 0 Å². The number of carbonyl (C=O) groups is 1. The lowest BCUT2D eigenvalue weighted by Crippen LogP contribution is -2.08. The first kappa shape index (κ1) is 12.1. The Kier molecular flexibility index (Phi) is 3.19. The summed E-state index contributed by atoms with van der Waals surface area (Å²) in [4.78, 5) is 13.5. The number of aryl methyl sites for hydroxylation is 1. The highest BCUT2D eigenvalue weighted by molar-refractivity contribution is 7.19. The summed E-state index contributed by atoms with van der Waals surface area (Å²) in [5.74, 6) is -0.00758. The van der Waals surface area contributed by atoms with Crippen LogP contribution in [-0.4, -0.2) is 22.2 Å². The van der Waals surface area contributed by atoms with Gasteiger partial charge >= 0.3 is 5.97 Å². The van der Waals surface area contributed by atoms with Crippen LogP contribution in [0.5, 0.6) is 0 Å². The van der Waals surface area contributed by atoms with E-state index in [-0.39, 0.29) is 11.9 Å². The molecule has 0 aliphatic carbocycles. The van der Waals surface area contributed by atoms with Crippen LogP contribution in [0.15, 0.2) is 6.07 Å². The van der Waals surface area contributed by atoms with E-state index in [1.165, 1.54) is 11.3 Å². The molecule has 0 radical (unpaired) electrons. The summed E-state index contributed by atoms with van der Waals surface area (Å²) in [6.07, 6.45) is 0. The molecule has 2 rings (SSSR count). The van der Waals surface area contributed by atoms with Crippen molar-refractivity contribution in [2.45, 2.75) is 33.6 Å². The van der Waals surface area contributed by atoms with Crippen molar-refractivity contribution in [3.63, 3.8) is 0 Å². The van der Waals surface area contributed by atoms with Gasteiger partial charge in [-0.3, -0.25) is 0 Å². The quantitative estimate of drug-likeness (QED) is 0.789. The number of hydrogen-bond donors (Lipinski definition) is 0. The number of ether oxygens (including phenoxy) is 1. The second-order valence-corrected chi connectivity index (χ2v) is 5.26. The number of rotatable bonds is 3. The Bertz CT molecular complexity index is 554. The van der Waals surface area contributed by atoms with Gasteiger partial charge in [0.05, 0.1) is 18.0 Å². The largest absolute Gasteiger partial charge is 0.462 e. The fourth-order valence-electron chi connectivity index (χ4n) is 1.82. The van der Waals surface area contributed by atoms with Crippen molar-refractivity contribution in [3.05, 3.63) is 22.3 Å². The molecule has 0 atom stereocenters. The van der Waals surface area contributed by atoms with Gasteiger partial charge in [-0.15, -0.1) is 11.3 Å². The third-order valence-corrected chi connectivity index (χ3v) is 3.55. The zero-order chi connectivity index (χ0) is 12.6. The van der Waals surface area contributed by atoms with Gasteiger partial charge in [-0.2, -0.15) is 5.10 Å². The highest BCUT2D eigenvalue weighted by Crippen LogP contribution is 2.30. The van der Waals surface area contributed by atoms with Crippen LogP contribution >= 0.6 is 11.3 Å². The third-order valence-electron chi connectivity index (χ3n) is 2.47. The van der Waals surface area contributed by atoms with Gasteiger partial charge in [-0.1, -0.05) is 13.8 Å². The SMILES string of the molecule is CCOC(=O)c1sc2cc(C)nn2c1C(C)C. The number of thiazole rings is 1. The van der Waals surface area contributed by atoms with E-state index in [1.54, 1.807) is 0 Å². The molecule has 0 bridgehead atoms. The molecule has 0 aliphatic rings. The van der Waals surface area contributed by atoms with E-state index < -0.39 is 0 Å². The topological polar surface area (TPSA) is 43.6 Å². The number of hydrogen-bond acceptors (Lipinski definition) is 4. The van der Waals surface area contributed by atoms with Crippen molar-refractivity contribution in [2.24, 2.45) is 0 Å². The Labute approximate surface area is 104 Å². The lowest BCUT2D eigenvalue weighted by Gasteiger charge is -2.06. The Morgan fingerprint density at radius 1 is 1.59 bits per heavy atom. The third kappa shape index (κ3) is 2.07. The van der Waals surface area contributed by atoms with Gasteiger partial charge in [-0.05, 0) is 25.8 Å². The summed E-state index contributed by atoms with van der Waals surface area (Å²) < 4.78 is 6.94. The van der Waals surface area contributed by atoms with Gasteiger partial charge in [-0.25, -0.2) is 9.31 Å². The number of fused-ring (bicyclic) bond motifs is 1. The van der Waals surface area contributed by atoms with Crippen LogP contribution in [0.1, 0.15) is 47.7 Å². The predicted octanol–water partition coefficient (Wildman–Crippen LogP) is 3.00. The Morgan fingerprint density at radius 2 is 2.29 bits per heavy atom. The molecule has 2 aromatic rings. The van der Waals surface area contributed by atoms with Crippen LogP contribution in [-0.2, 0) is 4.74 Å². The van der Waals surface area contributed by atoms with Crippen molar-refractivity contribution in [1.29, 1.82) is 0 Å². The van der Waals surface area contributed by atoms with Crippen LogP contribution in [0, 0.1) is 6.92 Å². The first-order valence-corrected chi connectivity index (χ1v) is 6.52. The molecule has 0 saturated carbocycles. The van der Waals surface area contributed by atoms with Crippen molar-refractivity contribution in [2.75, 3.05) is 6.61 Å². The van der Waals surface area contributed by atoms with E-state index in [0.717, 1.165) is 16.2 Å². The molecule has 2 heterocycles. The maximum atomic E-state index is 11.9. The van der Waals surface area contributed by atoms with E-state index in [4.69, 9.17) is 4.74 Å². The van der Waals surface area contributed by atoms with Gasteiger partial charge in [0.15, 0.2) is 0 Å². The number of nitrogens with zero attached hydrogens (tertiary/aromatic N) is 2. The zero-order valence-corrected chi connectivity index (χ0v) is 11.3. The normalized spacial score (nSPS) is 11.4. The van der Waals surface area contributed by atoms with Gasteiger partial charge in [0.25, 0.3) is 0 Å². The van der Waals surface area contributed by atoms with Crippen LogP contribution in [0.25, 0.3) is 4.83 Å². The summed E-state index contributed by atoms with van der Waals surface area (Å²) in [7, 11) is 0. The molecule has 92 valence electrons. The van der Waals surface area contributed by atoms with Crippen LogP contribution < -0.4 is 0 Å². The van der Waals surface area contributed by atoms with E-state index in [2.05, 4.69) is 18.9 Å². The van der Waals surface area contributed by atoms with Crippen LogP contribution in [0.3, 0.4) is 0 Å². The fourth-order valence-corrected chi connectivity index (χ4v) is 3.06. The minimum absolute atomic E-state index is 0.238. The van der Waals surface area contributed by atoms with Crippen molar-refractivity contribution in [1.82, 2.24) is 9.61 Å². The van der Waals surface area contributed by atoms with E-state index in [1.807, 2.05) is 24.4 Å². The Hall–Kier alpha value is -1.36. The zero-order valence-electron chi connectivity index (χ0n) is 10.5. The number of esters is 1. The van der Waals surface area contributed by atoms with Crippen molar-refractivity contribution >= 4 is 22.1 Å². The second-order valence-electron chi connectivity index (χ2n) is 4.23. The molecule has 0 fully saturated rings. The van der Waals surface area contributed by atoms with E-state index in [9.17, 15) is 4.79 Å². The summed E-state index contributed by atoms with van der Waals surface area (Å²) in [6, 6.07) is 1.99. The van der Waals surface area contributed by atoms with Gasteiger partial charge in [0.2, 0.25) is 0 Å². The molecule has 0 unspecified atom stereocenters. The standard InChI is InChI=1S/C12H16N2O2S/c1-5-16-12(15)11-10(7(2)3)14-9(17-11)6-8(4)13-14/h6-7H,5H2,1-4H3. The fraction of sp³-hybridized carbons (Fsp3) is 0.500. The highest BCUT2D eigenvalue weighted by Gasteiger charge is 2.22. The molecule has 5 heteroatoms. The maximum absolute atomic E-state index is 11.9. The second kappa shape index (κ2) is 4.49. The molecule has 0 saturated heterocycles. The number of aromatic nitrogens is 2. The van der Waals surface area contributed by atoms with Gasteiger partial charge < -0.3 is 4.74 Å². The lowest BCUT2D eigenvalue weighted by molar-refractivity contribution is 0.0530. The van der Waals surface area contributed by atoms with Crippen molar-refractivity contribution in [3.8, 4) is 0 Å². The average Bonchev–Trinajstić information content (AvgIpc) is 2.72. The van der Waals surface area contributed by atoms with E-state index in [0.29, 0.717) is 11.5 Å². The number of carbonyl (C=O) groups excluding carboxylic acids is 1. The lowest BCUT2D eigenvalue weighted by atomic mass is 10.1. The molecule has 2 aromatic heterocycles. The minimum atomic E-state index is -0.246. The maximum Gasteiger partial charge on any atom is 0.350 e. The first-order valence-electron chi connectivity index (χ1n) is 5.70. The van der Waals surface area contributed by atoms with Gasteiger partial charge in [0.1, 0.15) is 9.71 Å². The first-order chi connectivity index (χ1) is 8.04.